The van der Waals surface area contributed by atoms with E-state index in [2.05, 4.69) is 0 Å². The van der Waals surface area contributed by atoms with Gasteiger partial charge in [-0.25, -0.2) is 12.8 Å². The van der Waals surface area contributed by atoms with E-state index in [9.17, 15) is 12.8 Å². The number of morpholine rings is 1. The summed E-state index contributed by atoms with van der Waals surface area (Å²) in [6, 6.07) is 2.26. The maximum atomic E-state index is 14.1. The van der Waals surface area contributed by atoms with Crippen LogP contribution < -0.4 is 5.73 Å². The highest BCUT2D eigenvalue weighted by molar-refractivity contribution is 7.89. The number of nitrogens with two attached hydrogens (primary N) is 1. The van der Waals surface area contributed by atoms with Crippen molar-refractivity contribution in [2.75, 3.05) is 18.8 Å². The molecule has 1 aliphatic heterocycles. The average molecular weight is 337 g/mol. The Balaban J connectivity index is 2.48. The second-order valence-corrected chi connectivity index (χ2v) is 8.14. The number of ether oxygens (including phenoxy) is 1. The summed E-state index contributed by atoms with van der Waals surface area (Å²) >= 11 is 5.80. The molecule has 0 aliphatic carbocycles. The second-order valence-electron chi connectivity index (χ2n) is 5.79. The van der Waals surface area contributed by atoms with E-state index in [1.54, 1.807) is 20.8 Å². The van der Waals surface area contributed by atoms with Crippen molar-refractivity contribution in [1.29, 1.82) is 0 Å². The maximum Gasteiger partial charge on any atom is 0.246 e. The van der Waals surface area contributed by atoms with E-state index < -0.39 is 26.3 Å². The molecule has 0 spiro atoms. The summed E-state index contributed by atoms with van der Waals surface area (Å²) in [4.78, 5) is -0.502. The lowest BCUT2D eigenvalue weighted by Crippen LogP contribution is -2.53. The average Bonchev–Trinajstić information content (AvgIpc) is 2.31. The molecule has 1 heterocycles. The molecule has 1 fully saturated rings. The summed E-state index contributed by atoms with van der Waals surface area (Å²) in [7, 11) is -4.03. The van der Waals surface area contributed by atoms with Crippen molar-refractivity contribution in [3.63, 3.8) is 0 Å². The van der Waals surface area contributed by atoms with E-state index in [-0.39, 0.29) is 29.9 Å². The van der Waals surface area contributed by atoms with Gasteiger partial charge in [0.1, 0.15) is 4.90 Å². The molecule has 5 nitrogen and oxygen atoms in total. The van der Waals surface area contributed by atoms with Crippen LogP contribution in [0.1, 0.15) is 20.8 Å². The van der Waals surface area contributed by atoms with Crippen LogP contribution in [0.2, 0.25) is 5.02 Å². The summed E-state index contributed by atoms with van der Waals surface area (Å²) < 4.78 is 46.3. The number of sulfonamides is 1. The van der Waals surface area contributed by atoms with Crippen LogP contribution in [-0.4, -0.2) is 37.5 Å². The third-order valence-corrected chi connectivity index (χ3v) is 5.22. The fraction of sp³-hybridized carbons (Fsp3) is 0.538. The summed E-state index contributed by atoms with van der Waals surface area (Å²) in [6.07, 6.45) is -0.289. The van der Waals surface area contributed by atoms with Crippen molar-refractivity contribution in [2.45, 2.75) is 37.4 Å². The molecule has 2 rings (SSSR count). The van der Waals surface area contributed by atoms with E-state index in [4.69, 9.17) is 22.1 Å². The predicted molar refractivity (Wildman–Crippen MR) is 79.2 cm³/mol. The molecular weight excluding hydrogens is 319 g/mol. The lowest BCUT2D eigenvalue weighted by molar-refractivity contribution is -0.109. The third-order valence-electron chi connectivity index (χ3n) is 3.19. The zero-order valence-corrected chi connectivity index (χ0v) is 13.6. The standard InChI is InChI=1S/C13H18ClFN2O3S/c1-8-6-17(7-13(2,3)20-8)21(18,19)11-5-9(14)4-10(16)12(11)15/h4-5,8H,6-7,16H2,1-3H3. The van der Waals surface area contributed by atoms with E-state index in [1.807, 2.05) is 0 Å². The quantitative estimate of drug-likeness (QED) is 0.841. The van der Waals surface area contributed by atoms with Crippen molar-refractivity contribution in [1.82, 2.24) is 4.31 Å². The van der Waals surface area contributed by atoms with Crippen molar-refractivity contribution < 1.29 is 17.5 Å². The van der Waals surface area contributed by atoms with Gasteiger partial charge < -0.3 is 10.5 Å². The number of benzene rings is 1. The van der Waals surface area contributed by atoms with E-state index in [0.717, 1.165) is 6.07 Å². The minimum absolute atomic E-state index is 0.0769. The van der Waals surface area contributed by atoms with Crippen molar-refractivity contribution in [3.8, 4) is 0 Å². The molecule has 1 saturated heterocycles. The summed E-state index contributed by atoms with van der Waals surface area (Å²) in [5.41, 5.74) is 4.52. The number of nitrogen functional groups attached to an aromatic ring is 1. The first-order valence-corrected chi connectivity index (χ1v) is 8.27. The van der Waals surface area contributed by atoms with E-state index in [1.165, 1.54) is 10.4 Å². The Hall–Kier alpha value is -0.890. The topological polar surface area (TPSA) is 72.6 Å². The molecule has 1 aromatic carbocycles. The van der Waals surface area contributed by atoms with Gasteiger partial charge in [-0.05, 0) is 32.9 Å². The SMILES string of the molecule is CC1CN(S(=O)(=O)c2cc(Cl)cc(N)c2F)CC(C)(C)O1. The monoisotopic (exact) mass is 336 g/mol. The molecule has 1 aliphatic rings. The van der Waals surface area contributed by atoms with Crippen LogP contribution in [0.3, 0.4) is 0 Å². The Bertz CT molecular complexity index is 664. The van der Waals surface area contributed by atoms with Gasteiger partial charge in [-0.1, -0.05) is 11.6 Å². The minimum Gasteiger partial charge on any atom is -0.396 e. The van der Waals surface area contributed by atoms with Crippen LogP contribution in [0.4, 0.5) is 10.1 Å². The highest BCUT2D eigenvalue weighted by atomic mass is 35.5. The molecule has 1 unspecified atom stereocenters. The Labute approximate surface area is 128 Å². The van der Waals surface area contributed by atoms with Gasteiger partial charge in [-0.2, -0.15) is 4.31 Å². The highest BCUT2D eigenvalue weighted by Crippen LogP contribution is 2.31. The molecule has 2 N–H and O–H groups in total. The Morgan fingerprint density at radius 2 is 2.10 bits per heavy atom. The fourth-order valence-electron chi connectivity index (χ4n) is 2.49. The van der Waals surface area contributed by atoms with Crippen LogP contribution in [-0.2, 0) is 14.8 Å². The summed E-state index contributed by atoms with van der Waals surface area (Å²) in [6.45, 7) is 5.62. The van der Waals surface area contributed by atoms with Crippen molar-refractivity contribution in [3.05, 3.63) is 23.0 Å². The molecule has 0 aromatic heterocycles. The first-order chi connectivity index (χ1) is 9.53. The van der Waals surface area contributed by atoms with Crippen molar-refractivity contribution >= 4 is 27.3 Å². The lowest BCUT2D eigenvalue weighted by atomic mass is 10.1. The lowest BCUT2D eigenvalue weighted by Gasteiger charge is -2.40. The highest BCUT2D eigenvalue weighted by Gasteiger charge is 2.39. The largest absolute Gasteiger partial charge is 0.396 e. The predicted octanol–water partition coefficient (Wildman–Crippen LogP) is 2.25. The van der Waals surface area contributed by atoms with Gasteiger partial charge >= 0.3 is 0 Å². The van der Waals surface area contributed by atoms with Gasteiger partial charge in [0, 0.05) is 18.1 Å². The maximum absolute atomic E-state index is 14.1. The zero-order chi connectivity index (χ0) is 16.0. The van der Waals surface area contributed by atoms with Crippen LogP contribution >= 0.6 is 11.6 Å². The molecule has 8 heteroatoms. The molecule has 118 valence electrons. The van der Waals surface area contributed by atoms with Gasteiger partial charge in [0.25, 0.3) is 0 Å². The number of nitrogens with zero attached hydrogens (tertiary/aromatic N) is 1. The zero-order valence-electron chi connectivity index (χ0n) is 12.1. The molecule has 0 radical (unpaired) electrons. The third kappa shape index (κ3) is 3.31. The van der Waals surface area contributed by atoms with Gasteiger partial charge in [0.2, 0.25) is 10.0 Å². The van der Waals surface area contributed by atoms with Crippen molar-refractivity contribution in [2.24, 2.45) is 0 Å². The van der Waals surface area contributed by atoms with E-state index in [0.29, 0.717) is 0 Å². The first-order valence-electron chi connectivity index (χ1n) is 6.45. The molecule has 0 amide bonds. The van der Waals surface area contributed by atoms with Gasteiger partial charge in [0.15, 0.2) is 5.82 Å². The summed E-state index contributed by atoms with van der Waals surface area (Å²) in [5.74, 6) is -0.976. The van der Waals surface area contributed by atoms with Gasteiger partial charge in [-0.3, -0.25) is 0 Å². The Kier molecular flexibility index (Phi) is 4.23. The molecule has 0 saturated carbocycles. The van der Waals surface area contributed by atoms with Crippen LogP contribution in [0, 0.1) is 5.82 Å². The Morgan fingerprint density at radius 1 is 1.48 bits per heavy atom. The fourth-order valence-corrected chi connectivity index (χ4v) is 4.57. The molecule has 1 atom stereocenters. The number of rotatable bonds is 2. The summed E-state index contributed by atoms with van der Waals surface area (Å²) in [5, 5.41) is 0.0769. The number of hydrogen-bond donors (Lipinski definition) is 1. The number of hydrogen-bond acceptors (Lipinski definition) is 4. The smallest absolute Gasteiger partial charge is 0.246 e. The van der Waals surface area contributed by atoms with Crippen LogP contribution in [0.25, 0.3) is 0 Å². The molecular formula is C13H18ClFN2O3S. The normalized spacial score (nSPS) is 23.2. The first kappa shape index (κ1) is 16.5. The Morgan fingerprint density at radius 3 is 2.67 bits per heavy atom. The second kappa shape index (κ2) is 5.39. The number of halogens is 2. The van der Waals surface area contributed by atoms with Gasteiger partial charge in [-0.15, -0.1) is 0 Å². The minimum atomic E-state index is -4.03. The van der Waals surface area contributed by atoms with E-state index >= 15 is 0 Å². The molecule has 1 aromatic rings. The number of anilines is 1. The molecule has 0 bridgehead atoms. The van der Waals surface area contributed by atoms with Gasteiger partial charge in [0.05, 0.1) is 17.4 Å². The van der Waals surface area contributed by atoms with Crippen LogP contribution in [0.15, 0.2) is 17.0 Å². The molecule has 21 heavy (non-hydrogen) atoms. The van der Waals surface area contributed by atoms with Crippen LogP contribution in [0.5, 0.6) is 0 Å².